The third-order valence-electron chi connectivity index (χ3n) is 4.73. The van der Waals surface area contributed by atoms with Crippen LogP contribution in [-0.4, -0.2) is 54.1 Å². The molecular weight excluding hydrogens is 313 g/mol. The minimum absolute atomic E-state index is 1.24. The van der Waals surface area contributed by atoms with Gasteiger partial charge in [-0.2, -0.15) is 0 Å². The maximum Gasteiger partial charge on any atom is 0.631 e. The second kappa shape index (κ2) is 20.2. The highest BCUT2D eigenvalue weighted by Crippen LogP contribution is 2.12. The second-order valence-electron chi connectivity index (χ2n) is 7.97. The van der Waals surface area contributed by atoms with Crippen molar-refractivity contribution in [2.75, 3.05) is 27.2 Å². The summed E-state index contributed by atoms with van der Waals surface area (Å²) in [4.78, 5) is 0. The van der Waals surface area contributed by atoms with Gasteiger partial charge >= 0.3 is 7.32 Å². The van der Waals surface area contributed by atoms with Crippen molar-refractivity contribution < 1.29 is 19.6 Å². The zero-order valence-corrected chi connectivity index (χ0v) is 17.7. The molecule has 0 saturated carbocycles. The maximum atomic E-state index is 7.17. The molecule has 0 amide bonds. The van der Waals surface area contributed by atoms with Crippen molar-refractivity contribution in [3.8, 4) is 0 Å². The van der Waals surface area contributed by atoms with Crippen LogP contribution in [0.15, 0.2) is 0 Å². The van der Waals surface area contributed by atoms with Crippen LogP contribution in [0.25, 0.3) is 0 Å². The Kier molecular flexibility index (Phi) is 21.9. The quantitative estimate of drug-likeness (QED) is 0.216. The molecule has 0 aromatic rings. The first-order valence-corrected chi connectivity index (χ1v) is 10.7. The summed E-state index contributed by atoms with van der Waals surface area (Å²) in [6.45, 7) is 7.35. The monoisotopic (exact) mass is 360 g/mol. The molecule has 25 heavy (non-hydrogen) atoms. The van der Waals surface area contributed by atoms with Crippen LogP contribution in [-0.2, 0) is 0 Å². The predicted octanol–water partition coefficient (Wildman–Crippen LogP) is 4.51. The molecule has 4 nitrogen and oxygen atoms in total. The highest BCUT2D eigenvalue weighted by molar-refractivity contribution is 6.30. The molecule has 5 heteroatoms. The van der Waals surface area contributed by atoms with Gasteiger partial charge in [0.25, 0.3) is 0 Å². The number of unbranched alkanes of at least 4 members (excludes halogenated alkanes) is 12. The van der Waals surface area contributed by atoms with E-state index in [0.29, 0.717) is 0 Å². The van der Waals surface area contributed by atoms with Crippen LogP contribution in [0.3, 0.4) is 0 Å². The Labute approximate surface area is 158 Å². The van der Waals surface area contributed by atoms with E-state index in [-0.39, 0.29) is 0 Å². The standard InChI is InChI=1S/C20H44N.BH3O3/c1-5-7-9-11-13-14-16-18-20-21(3,4)19-17-15-12-10-8-6-2;2-1(3)4/h5-20H2,1-4H3;2-4H/q+1;. The normalized spacial score (nSPS) is 11.2. The Morgan fingerprint density at radius 1 is 0.520 bits per heavy atom. The summed E-state index contributed by atoms with van der Waals surface area (Å²) in [7, 11) is 2.68. The molecule has 0 heterocycles. The number of rotatable bonds is 16. The van der Waals surface area contributed by atoms with E-state index in [4.69, 9.17) is 15.1 Å². The summed E-state index contributed by atoms with van der Waals surface area (Å²) in [5, 5.41) is 21.5. The fourth-order valence-electron chi connectivity index (χ4n) is 3.11. The molecule has 152 valence electrons. The average molecular weight is 360 g/mol. The summed E-state index contributed by atoms with van der Waals surface area (Å²) >= 11 is 0. The van der Waals surface area contributed by atoms with Crippen molar-refractivity contribution >= 4 is 7.32 Å². The van der Waals surface area contributed by atoms with Gasteiger partial charge in [-0.25, -0.2) is 0 Å². The van der Waals surface area contributed by atoms with E-state index in [9.17, 15) is 0 Å². The largest absolute Gasteiger partial charge is 0.631 e. The van der Waals surface area contributed by atoms with Crippen LogP contribution in [0.4, 0.5) is 0 Å². The van der Waals surface area contributed by atoms with Crippen molar-refractivity contribution in [2.24, 2.45) is 0 Å². The van der Waals surface area contributed by atoms with Crippen LogP contribution in [0.5, 0.6) is 0 Å². The Balaban J connectivity index is 0. The number of hydrogen-bond donors (Lipinski definition) is 3. The van der Waals surface area contributed by atoms with Gasteiger partial charge in [0.2, 0.25) is 0 Å². The summed E-state index contributed by atoms with van der Waals surface area (Å²) in [5.74, 6) is 0. The van der Waals surface area contributed by atoms with Crippen LogP contribution in [0, 0.1) is 0 Å². The van der Waals surface area contributed by atoms with Crippen molar-refractivity contribution in [1.29, 1.82) is 0 Å². The first-order chi connectivity index (χ1) is 11.9. The van der Waals surface area contributed by atoms with Gasteiger partial charge in [0, 0.05) is 0 Å². The number of nitrogens with zero attached hydrogens (tertiary/aromatic N) is 1. The molecular formula is C20H47BNO3+. The Morgan fingerprint density at radius 3 is 1.04 bits per heavy atom. The van der Waals surface area contributed by atoms with Gasteiger partial charge < -0.3 is 19.6 Å². The molecule has 0 unspecified atom stereocenters. The van der Waals surface area contributed by atoms with Crippen molar-refractivity contribution in [1.82, 2.24) is 0 Å². The lowest BCUT2D eigenvalue weighted by Gasteiger charge is -2.30. The highest BCUT2D eigenvalue weighted by atomic mass is 16.5. The van der Waals surface area contributed by atoms with Gasteiger partial charge in [0.1, 0.15) is 0 Å². The molecule has 0 spiro atoms. The topological polar surface area (TPSA) is 60.7 Å². The zero-order valence-electron chi connectivity index (χ0n) is 17.7. The molecule has 0 radical (unpaired) electrons. The minimum atomic E-state index is -2.17. The summed E-state index contributed by atoms with van der Waals surface area (Å²) < 4.78 is 1.24. The van der Waals surface area contributed by atoms with Crippen LogP contribution < -0.4 is 0 Å². The smallest absolute Gasteiger partial charge is 0.402 e. The molecule has 0 aliphatic carbocycles. The van der Waals surface area contributed by atoms with Gasteiger partial charge in [-0.05, 0) is 25.7 Å². The van der Waals surface area contributed by atoms with Gasteiger partial charge in [-0.1, -0.05) is 78.1 Å². The zero-order chi connectivity index (χ0) is 19.4. The molecule has 0 bridgehead atoms. The summed E-state index contributed by atoms with van der Waals surface area (Å²) in [6.07, 6.45) is 20.1. The highest BCUT2D eigenvalue weighted by Gasteiger charge is 2.13. The Hall–Kier alpha value is -0.0951. The third kappa shape index (κ3) is 29.0. The van der Waals surface area contributed by atoms with E-state index < -0.39 is 7.32 Å². The van der Waals surface area contributed by atoms with E-state index in [0.717, 1.165) is 0 Å². The Morgan fingerprint density at radius 2 is 0.760 bits per heavy atom. The molecule has 0 fully saturated rings. The SMILES string of the molecule is CCCCCCCCCC[N+](C)(C)CCCCCCCC.OB(O)O. The molecule has 3 N–H and O–H groups in total. The van der Waals surface area contributed by atoms with Gasteiger partial charge in [-0.15, -0.1) is 0 Å². The minimum Gasteiger partial charge on any atom is -0.402 e. The molecule has 0 atom stereocenters. The number of hydrogen-bond acceptors (Lipinski definition) is 3. The maximum absolute atomic E-state index is 7.17. The van der Waals surface area contributed by atoms with E-state index >= 15 is 0 Å². The van der Waals surface area contributed by atoms with Crippen LogP contribution in [0.1, 0.15) is 104 Å². The van der Waals surface area contributed by atoms with Gasteiger partial charge in [-0.3, -0.25) is 0 Å². The van der Waals surface area contributed by atoms with Gasteiger partial charge in [0.05, 0.1) is 27.2 Å². The Bertz CT molecular complexity index is 248. The lowest BCUT2D eigenvalue weighted by molar-refractivity contribution is -0.890. The first-order valence-electron chi connectivity index (χ1n) is 10.7. The molecule has 0 aromatic heterocycles. The summed E-state index contributed by atoms with van der Waals surface area (Å²) in [5.41, 5.74) is 0. The molecule has 0 aromatic carbocycles. The lowest BCUT2D eigenvalue weighted by Crippen LogP contribution is -2.41. The first kappa shape index (κ1) is 27.1. The second-order valence-corrected chi connectivity index (χ2v) is 7.97. The van der Waals surface area contributed by atoms with E-state index in [1.54, 1.807) is 0 Å². The van der Waals surface area contributed by atoms with E-state index in [1.807, 2.05) is 0 Å². The molecule has 0 rings (SSSR count). The molecule has 0 saturated heterocycles. The third-order valence-corrected chi connectivity index (χ3v) is 4.73. The lowest BCUT2D eigenvalue weighted by atomic mass is 10.1. The van der Waals surface area contributed by atoms with Crippen LogP contribution >= 0.6 is 0 Å². The van der Waals surface area contributed by atoms with Crippen molar-refractivity contribution in [3.63, 3.8) is 0 Å². The van der Waals surface area contributed by atoms with E-state index in [2.05, 4.69) is 27.9 Å². The fourth-order valence-corrected chi connectivity index (χ4v) is 3.11. The van der Waals surface area contributed by atoms with Gasteiger partial charge in [0.15, 0.2) is 0 Å². The molecule has 0 aliphatic rings. The predicted molar refractivity (Wildman–Crippen MR) is 110 cm³/mol. The van der Waals surface area contributed by atoms with Crippen molar-refractivity contribution in [2.45, 2.75) is 104 Å². The van der Waals surface area contributed by atoms with Crippen molar-refractivity contribution in [3.05, 3.63) is 0 Å². The number of quaternary nitrogens is 1. The fraction of sp³-hybridized carbons (Fsp3) is 1.00. The summed E-state index contributed by atoms with van der Waals surface area (Å²) in [6, 6.07) is 0. The average Bonchev–Trinajstić information content (AvgIpc) is 2.53. The van der Waals surface area contributed by atoms with E-state index in [1.165, 1.54) is 107 Å². The molecule has 0 aliphatic heterocycles. The van der Waals surface area contributed by atoms with Crippen LogP contribution in [0.2, 0.25) is 0 Å².